The molecule has 0 fully saturated rings. The smallest absolute Gasteiger partial charge is 0.168 e. The molecule has 0 N–H and O–H groups in total. The fraction of sp³-hybridized carbons (Fsp3) is 0.300. The second-order valence-electron chi connectivity index (χ2n) is 2.63. The molecule has 0 aliphatic rings. The zero-order chi connectivity index (χ0) is 9.84. The Hall–Kier alpha value is -1.38. The summed E-state index contributed by atoms with van der Waals surface area (Å²) < 4.78 is 18.2. The van der Waals surface area contributed by atoms with E-state index < -0.39 is 5.82 Å². The first kappa shape index (κ1) is 9.71. The van der Waals surface area contributed by atoms with Gasteiger partial charge in [0.2, 0.25) is 0 Å². The normalized spacial score (nSPS) is 9.77. The van der Waals surface area contributed by atoms with Crippen LogP contribution in [0.4, 0.5) is 4.39 Å². The maximum atomic E-state index is 13.4. The standard InChI is InChI=1S/C10H11FO2/c1-3-7-4-5-8(6-12)10(13-2)9(7)11/h4-6H,3H2,1-2H3. The van der Waals surface area contributed by atoms with Gasteiger partial charge in [-0.2, -0.15) is 0 Å². The molecule has 0 unspecified atom stereocenters. The van der Waals surface area contributed by atoms with Crippen LogP contribution in [0.2, 0.25) is 0 Å². The Labute approximate surface area is 76.3 Å². The molecule has 0 heterocycles. The third-order valence-corrected chi connectivity index (χ3v) is 1.92. The number of aryl methyl sites for hydroxylation is 1. The lowest BCUT2D eigenvalue weighted by Crippen LogP contribution is -1.98. The van der Waals surface area contributed by atoms with Gasteiger partial charge in [-0.3, -0.25) is 4.79 Å². The molecule has 0 radical (unpaired) electrons. The molecule has 3 heteroatoms. The summed E-state index contributed by atoms with van der Waals surface area (Å²) in [7, 11) is 1.35. The number of rotatable bonds is 3. The summed E-state index contributed by atoms with van der Waals surface area (Å²) in [5.41, 5.74) is 0.805. The summed E-state index contributed by atoms with van der Waals surface area (Å²) >= 11 is 0. The number of carbonyl (C=O) groups is 1. The SMILES string of the molecule is CCc1ccc(C=O)c(OC)c1F. The van der Waals surface area contributed by atoms with Crippen molar-refractivity contribution in [1.29, 1.82) is 0 Å². The van der Waals surface area contributed by atoms with E-state index in [0.717, 1.165) is 0 Å². The third-order valence-electron chi connectivity index (χ3n) is 1.92. The number of methoxy groups -OCH3 is 1. The molecule has 0 amide bonds. The zero-order valence-electron chi connectivity index (χ0n) is 7.63. The van der Waals surface area contributed by atoms with Crippen LogP contribution in [0.25, 0.3) is 0 Å². The number of carbonyl (C=O) groups excluding carboxylic acids is 1. The highest BCUT2D eigenvalue weighted by atomic mass is 19.1. The van der Waals surface area contributed by atoms with Gasteiger partial charge < -0.3 is 4.74 Å². The highest BCUT2D eigenvalue weighted by Gasteiger charge is 2.11. The van der Waals surface area contributed by atoms with Gasteiger partial charge in [-0.15, -0.1) is 0 Å². The molecule has 13 heavy (non-hydrogen) atoms. The molecule has 2 nitrogen and oxygen atoms in total. The van der Waals surface area contributed by atoms with Crippen molar-refractivity contribution in [3.05, 3.63) is 29.1 Å². The molecule has 0 aliphatic heterocycles. The van der Waals surface area contributed by atoms with Gasteiger partial charge in [-0.05, 0) is 18.1 Å². The molecule has 0 atom stereocenters. The number of aldehydes is 1. The van der Waals surface area contributed by atoms with Gasteiger partial charge in [0.05, 0.1) is 12.7 Å². The van der Waals surface area contributed by atoms with Gasteiger partial charge in [0.25, 0.3) is 0 Å². The average Bonchev–Trinajstić information content (AvgIpc) is 2.17. The molecule has 0 saturated heterocycles. The van der Waals surface area contributed by atoms with Crippen LogP contribution in [0.1, 0.15) is 22.8 Å². The van der Waals surface area contributed by atoms with E-state index in [-0.39, 0.29) is 11.3 Å². The molecular formula is C10H11FO2. The summed E-state index contributed by atoms with van der Waals surface area (Å²) in [4.78, 5) is 10.5. The minimum absolute atomic E-state index is 0.0364. The fourth-order valence-corrected chi connectivity index (χ4v) is 1.19. The van der Waals surface area contributed by atoms with E-state index in [9.17, 15) is 9.18 Å². The highest BCUT2D eigenvalue weighted by Crippen LogP contribution is 2.24. The first-order valence-corrected chi connectivity index (χ1v) is 4.05. The maximum Gasteiger partial charge on any atom is 0.168 e. The summed E-state index contributed by atoms with van der Waals surface area (Å²) in [6, 6.07) is 3.16. The first-order chi connectivity index (χ1) is 6.24. The number of halogens is 1. The Morgan fingerprint density at radius 3 is 2.69 bits per heavy atom. The van der Waals surface area contributed by atoms with Gasteiger partial charge in [-0.25, -0.2) is 4.39 Å². The number of hydrogen-bond acceptors (Lipinski definition) is 2. The number of hydrogen-bond donors (Lipinski definition) is 0. The molecular weight excluding hydrogens is 171 g/mol. The molecule has 0 bridgehead atoms. The van der Waals surface area contributed by atoms with Gasteiger partial charge in [0, 0.05) is 0 Å². The lowest BCUT2D eigenvalue weighted by atomic mass is 10.1. The van der Waals surface area contributed by atoms with Gasteiger partial charge in [0.15, 0.2) is 17.9 Å². The van der Waals surface area contributed by atoms with E-state index in [1.54, 1.807) is 12.1 Å². The summed E-state index contributed by atoms with van der Waals surface area (Å²) in [5.74, 6) is -0.399. The topological polar surface area (TPSA) is 26.3 Å². The minimum Gasteiger partial charge on any atom is -0.493 e. The van der Waals surface area contributed by atoms with Crippen LogP contribution in [0, 0.1) is 5.82 Å². The predicted octanol–water partition coefficient (Wildman–Crippen LogP) is 2.21. The van der Waals surface area contributed by atoms with Crippen LogP contribution in [0.5, 0.6) is 5.75 Å². The molecule has 0 aromatic heterocycles. The average molecular weight is 182 g/mol. The number of ether oxygens (including phenoxy) is 1. The van der Waals surface area contributed by atoms with Crippen molar-refractivity contribution in [2.24, 2.45) is 0 Å². The van der Waals surface area contributed by atoms with E-state index >= 15 is 0 Å². The van der Waals surface area contributed by atoms with Crippen molar-refractivity contribution in [1.82, 2.24) is 0 Å². The third kappa shape index (κ3) is 1.69. The molecule has 70 valence electrons. The van der Waals surface area contributed by atoms with Crippen molar-refractivity contribution >= 4 is 6.29 Å². The van der Waals surface area contributed by atoms with Gasteiger partial charge >= 0.3 is 0 Å². The molecule has 0 spiro atoms. The lowest BCUT2D eigenvalue weighted by Gasteiger charge is -2.07. The van der Waals surface area contributed by atoms with E-state index in [1.165, 1.54) is 7.11 Å². The van der Waals surface area contributed by atoms with Crippen molar-refractivity contribution in [2.45, 2.75) is 13.3 Å². The predicted molar refractivity (Wildman–Crippen MR) is 47.7 cm³/mol. The Morgan fingerprint density at radius 1 is 1.54 bits per heavy atom. The van der Waals surface area contributed by atoms with Crippen LogP contribution in [0.15, 0.2) is 12.1 Å². The Kier molecular flexibility index (Phi) is 3.01. The quantitative estimate of drug-likeness (QED) is 0.670. The summed E-state index contributed by atoms with van der Waals surface area (Å²) in [5, 5.41) is 0. The van der Waals surface area contributed by atoms with E-state index in [0.29, 0.717) is 18.3 Å². The molecule has 1 rings (SSSR count). The molecule has 0 saturated carbocycles. The molecule has 1 aromatic rings. The Balaban J connectivity index is 3.31. The Bertz CT molecular complexity index is 321. The van der Waals surface area contributed by atoms with Crippen LogP contribution >= 0.6 is 0 Å². The van der Waals surface area contributed by atoms with Crippen molar-refractivity contribution in [3.8, 4) is 5.75 Å². The largest absolute Gasteiger partial charge is 0.493 e. The van der Waals surface area contributed by atoms with E-state index in [2.05, 4.69) is 0 Å². The second kappa shape index (κ2) is 4.03. The van der Waals surface area contributed by atoms with Gasteiger partial charge in [0.1, 0.15) is 0 Å². The van der Waals surface area contributed by atoms with E-state index in [4.69, 9.17) is 4.74 Å². The van der Waals surface area contributed by atoms with Crippen LogP contribution in [-0.2, 0) is 6.42 Å². The zero-order valence-corrected chi connectivity index (χ0v) is 7.63. The molecule has 0 aliphatic carbocycles. The minimum atomic E-state index is -0.436. The summed E-state index contributed by atoms with van der Waals surface area (Å²) in [6.45, 7) is 1.85. The molecule has 1 aromatic carbocycles. The first-order valence-electron chi connectivity index (χ1n) is 4.05. The summed E-state index contributed by atoms with van der Waals surface area (Å²) in [6.07, 6.45) is 1.17. The fourth-order valence-electron chi connectivity index (χ4n) is 1.19. The van der Waals surface area contributed by atoms with Crippen molar-refractivity contribution in [3.63, 3.8) is 0 Å². The number of benzene rings is 1. The monoisotopic (exact) mass is 182 g/mol. The van der Waals surface area contributed by atoms with Crippen LogP contribution in [-0.4, -0.2) is 13.4 Å². The van der Waals surface area contributed by atoms with Crippen LogP contribution < -0.4 is 4.74 Å². The maximum absolute atomic E-state index is 13.4. The van der Waals surface area contributed by atoms with Gasteiger partial charge in [-0.1, -0.05) is 13.0 Å². The lowest BCUT2D eigenvalue weighted by molar-refractivity contribution is 0.111. The van der Waals surface area contributed by atoms with Crippen molar-refractivity contribution < 1.29 is 13.9 Å². The van der Waals surface area contributed by atoms with Crippen molar-refractivity contribution in [2.75, 3.05) is 7.11 Å². The van der Waals surface area contributed by atoms with E-state index in [1.807, 2.05) is 6.92 Å². The van der Waals surface area contributed by atoms with Crippen LogP contribution in [0.3, 0.4) is 0 Å². The highest BCUT2D eigenvalue weighted by molar-refractivity contribution is 5.79. The second-order valence-corrected chi connectivity index (χ2v) is 2.63. The Morgan fingerprint density at radius 2 is 2.23 bits per heavy atom.